The zero-order valence-electron chi connectivity index (χ0n) is 14.7. The summed E-state index contributed by atoms with van der Waals surface area (Å²) in [6.07, 6.45) is 0.985. The summed E-state index contributed by atoms with van der Waals surface area (Å²) in [6, 6.07) is 3.22. The number of thiocarbonyl (C=S) groups is 1. The van der Waals surface area contributed by atoms with Gasteiger partial charge < -0.3 is 19.5 Å². The van der Waals surface area contributed by atoms with Crippen LogP contribution in [0.15, 0.2) is 12.1 Å². The third-order valence-electron chi connectivity index (χ3n) is 3.25. The summed E-state index contributed by atoms with van der Waals surface area (Å²) in [7, 11) is 4.45. The van der Waals surface area contributed by atoms with E-state index in [2.05, 4.69) is 30.0 Å². The lowest BCUT2D eigenvalue weighted by Crippen LogP contribution is -2.47. The monoisotopic (exact) mass is 355 g/mol. The fourth-order valence-electron chi connectivity index (χ4n) is 1.98. The number of carbonyl (C=O) groups excluding carboxylic acids is 1. The molecule has 134 valence electrons. The Kier molecular flexibility index (Phi) is 8.11. The highest BCUT2D eigenvalue weighted by Gasteiger charge is 2.20. The molecule has 0 saturated heterocycles. The maximum absolute atomic E-state index is 12.3. The zero-order chi connectivity index (χ0) is 18.1. The Morgan fingerprint density at radius 2 is 1.75 bits per heavy atom. The van der Waals surface area contributed by atoms with Gasteiger partial charge in [0.1, 0.15) is 0 Å². The first-order valence-electron chi connectivity index (χ1n) is 7.57. The Morgan fingerprint density at radius 3 is 2.29 bits per heavy atom. The van der Waals surface area contributed by atoms with Gasteiger partial charge in [-0.25, -0.2) is 0 Å². The number of ether oxygens (including phenoxy) is 3. The van der Waals surface area contributed by atoms with Gasteiger partial charge in [-0.3, -0.25) is 15.6 Å². The molecule has 0 atom stereocenters. The molecule has 24 heavy (non-hydrogen) atoms. The molecule has 0 radical (unpaired) electrons. The Morgan fingerprint density at radius 1 is 1.08 bits per heavy atom. The van der Waals surface area contributed by atoms with E-state index in [0.29, 0.717) is 28.1 Å². The number of hydrogen-bond donors (Lipinski definition) is 3. The van der Waals surface area contributed by atoms with Crippen molar-refractivity contribution in [2.24, 2.45) is 5.92 Å². The van der Waals surface area contributed by atoms with E-state index >= 15 is 0 Å². The van der Waals surface area contributed by atoms with Crippen molar-refractivity contribution in [1.82, 2.24) is 16.2 Å². The van der Waals surface area contributed by atoms with Crippen LogP contribution in [0, 0.1) is 5.92 Å². The SMILES string of the molecule is COc1ccc(C(=O)NNC(=S)NCCC(C)C)c(OC)c1OC. The third-order valence-corrected chi connectivity index (χ3v) is 3.49. The normalized spacial score (nSPS) is 10.1. The van der Waals surface area contributed by atoms with Crippen molar-refractivity contribution in [3.63, 3.8) is 0 Å². The Labute approximate surface area is 148 Å². The first-order valence-corrected chi connectivity index (χ1v) is 7.98. The molecule has 7 nitrogen and oxygen atoms in total. The number of nitrogens with one attached hydrogen (secondary N) is 3. The maximum atomic E-state index is 12.3. The van der Waals surface area contributed by atoms with Crippen molar-refractivity contribution < 1.29 is 19.0 Å². The fourth-order valence-corrected chi connectivity index (χ4v) is 2.13. The lowest BCUT2D eigenvalue weighted by Gasteiger charge is -2.16. The summed E-state index contributed by atoms with van der Waals surface area (Å²) in [5.41, 5.74) is 5.50. The van der Waals surface area contributed by atoms with Crippen LogP contribution in [0.5, 0.6) is 17.2 Å². The van der Waals surface area contributed by atoms with Crippen molar-refractivity contribution in [3.8, 4) is 17.2 Å². The van der Waals surface area contributed by atoms with Crippen LogP contribution in [0.4, 0.5) is 0 Å². The van der Waals surface area contributed by atoms with E-state index in [-0.39, 0.29) is 5.75 Å². The van der Waals surface area contributed by atoms with Crippen molar-refractivity contribution in [2.45, 2.75) is 20.3 Å². The van der Waals surface area contributed by atoms with Crippen LogP contribution in [-0.2, 0) is 0 Å². The van der Waals surface area contributed by atoms with Crippen LogP contribution in [0.25, 0.3) is 0 Å². The van der Waals surface area contributed by atoms with Gasteiger partial charge in [-0.05, 0) is 36.7 Å². The lowest BCUT2D eigenvalue weighted by atomic mass is 10.1. The van der Waals surface area contributed by atoms with E-state index in [1.807, 2.05) is 0 Å². The molecule has 1 aromatic rings. The van der Waals surface area contributed by atoms with E-state index in [9.17, 15) is 4.79 Å². The number of rotatable bonds is 7. The van der Waals surface area contributed by atoms with E-state index < -0.39 is 5.91 Å². The molecule has 1 aromatic carbocycles. The Hall–Kier alpha value is -2.22. The molecule has 0 aromatic heterocycles. The first-order chi connectivity index (χ1) is 11.4. The Bertz CT molecular complexity index is 579. The van der Waals surface area contributed by atoms with Crippen LogP contribution in [0.3, 0.4) is 0 Å². The molecule has 0 aliphatic carbocycles. The van der Waals surface area contributed by atoms with E-state index in [0.717, 1.165) is 13.0 Å². The third kappa shape index (κ3) is 5.45. The molecule has 0 unspecified atom stereocenters. The average Bonchev–Trinajstić information content (AvgIpc) is 2.57. The number of benzene rings is 1. The topological polar surface area (TPSA) is 80.9 Å². The minimum Gasteiger partial charge on any atom is -0.493 e. The summed E-state index contributed by atoms with van der Waals surface area (Å²) in [6.45, 7) is 4.99. The van der Waals surface area contributed by atoms with Gasteiger partial charge in [0.2, 0.25) is 5.75 Å². The Balaban J connectivity index is 2.73. The lowest BCUT2D eigenvalue weighted by molar-refractivity contribution is 0.0940. The van der Waals surface area contributed by atoms with Crippen LogP contribution < -0.4 is 30.4 Å². The molecule has 0 fully saturated rings. The molecular formula is C16H25N3O4S. The number of methoxy groups -OCH3 is 3. The largest absolute Gasteiger partial charge is 0.493 e. The van der Waals surface area contributed by atoms with Crippen molar-refractivity contribution in [2.75, 3.05) is 27.9 Å². The molecule has 0 aliphatic rings. The molecular weight excluding hydrogens is 330 g/mol. The second kappa shape index (κ2) is 9.82. The van der Waals surface area contributed by atoms with Crippen LogP contribution in [0.1, 0.15) is 30.6 Å². The smallest absolute Gasteiger partial charge is 0.273 e. The molecule has 8 heteroatoms. The van der Waals surface area contributed by atoms with Gasteiger partial charge in [0.15, 0.2) is 16.6 Å². The average molecular weight is 355 g/mol. The molecule has 0 aliphatic heterocycles. The zero-order valence-corrected chi connectivity index (χ0v) is 15.5. The predicted molar refractivity (Wildman–Crippen MR) is 96.8 cm³/mol. The second-order valence-electron chi connectivity index (χ2n) is 5.40. The maximum Gasteiger partial charge on any atom is 0.273 e. The number of carbonyl (C=O) groups is 1. The number of hydrazine groups is 1. The van der Waals surface area contributed by atoms with Gasteiger partial charge in [0, 0.05) is 6.54 Å². The van der Waals surface area contributed by atoms with E-state index in [1.54, 1.807) is 12.1 Å². The molecule has 1 rings (SSSR count). The minimum absolute atomic E-state index is 0.287. The number of amides is 1. The standard InChI is InChI=1S/C16H25N3O4S/c1-10(2)8-9-17-16(24)19-18-15(20)11-6-7-12(21-3)14(23-5)13(11)22-4/h6-7,10H,8-9H2,1-5H3,(H,18,20)(H2,17,19,24). The summed E-state index contributed by atoms with van der Waals surface area (Å²) >= 11 is 5.11. The van der Waals surface area contributed by atoms with Gasteiger partial charge in [-0.1, -0.05) is 13.8 Å². The highest BCUT2D eigenvalue weighted by molar-refractivity contribution is 7.80. The van der Waals surface area contributed by atoms with Crippen LogP contribution in [0.2, 0.25) is 0 Å². The summed E-state index contributed by atoms with van der Waals surface area (Å²) < 4.78 is 15.7. The van der Waals surface area contributed by atoms with Gasteiger partial charge >= 0.3 is 0 Å². The minimum atomic E-state index is -0.402. The van der Waals surface area contributed by atoms with Gasteiger partial charge in [-0.15, -0.1) is 0 Å². The first kappa shape index (κ1) is 19.8. The summed E-state index contributed by atoms with van der Waals surface area (Å²) in [4.78, 5) is 12.3. The van der Waals surface area contributed by atoms with Crippen molar-refractivity contribution in [3.05, 3.63) is 17.7 Å². The van der Waals surface area contributed by atoms with Crippen LogP contribution in [-0.4, -0.2) is 38.9 Å². The summed E-state index contributed by atoms with van der Waals surface area (Å²) in [5.74, 6) is 1.29. The fraction of sp³-hybridized carbons (Fsp3) is 0.500. The molecule has 0 saturated carbocycles. The van der Waals surface area contributed by atoms with E-state index in [4.69, 9.17) is 26.4 Å². The highest BCUT2D eigenvalue weighted by Crippen LogP contribution is 2.39. The van der Waals surface area contributed by atoms with Gasteiger partial charge in [0.05, 0.1) is 26.9 Å². The molecule has 0 spiro atoms. The van der Waals surface area contributed by atoms with Gasteiger partial charge in [0.25, 0.3) is 5.91 Å². The molecule has 1 amide bonds. The quantitative estimate of drug-likeness (QED) is 0.509. The van der Waals surface area contributed by atoms with Crippen molar-refractivity contribution in [1.29, 1.82) is 0 Å². The molecule has 0 bridgehead atoms. The summed E-state index contributed by atoms with van der Waals surface area (Å²) in [5, 5.41) is 3.37. The van der Waals surface area contributed by atoms with Gasteiger partial charge in [-0.2, -0.15) is 0 Å². The van der Waals surface area contributed by atoms with Crippen molar-refractivity contribution >= 4 is 23.2 Å². The van der Waals surface area contributed by atoms with Crippen LogP contribution >= 0.6 is 12.2 Å². The number of hydrogen-bond acceptors (Lipinski definition) is 5. The van der Waals surface area contributed by atoms with E-state index in [1.165, 1.54) is 21.3 Å². The molecule has 0 heterocycles. The second-order valence-corrected chi connectivity index (χ2v) is 5.81. The highest BCUT2D eigenvalue weighted by atomic mass is 32.1. The predicted octanol–water partition coefficient (Wildman–Crippen LogP) is 1.87. The molecule has 3 N–H and O–H groups in total.